The maximum atomic E-state index is 9.90. The van der Waals surface area contributed by atoms with Crippen molar-refractivity contribution in [3.8, 4) is 0 Å². The Morgan fingerprint density at radius 3 is 1.27 bits per heavy atom. The van der Waals surface area contributed by atoms with Crippen LogP contribution in [-0.4, -0.2) is 32.9 Å². The molecule has 1 aromatic rings. The normalized spacial score (nSPS) is 27.9. The van der Waals surface area contributed by atoms with Crippen molar-refractivity contribution >= 4 is 42.1 Å². The molecular weight excluding hydrogens is 762 g/mol. The number of rotatable bonds is 9. The fraction of sp³-hybridized carbons (Fsp3) is 0.818. The molecule has 0 aromatic heterocycles. The second kappa shape index (κ2) is 17.7. The summed E-state index contributed by atoms with van der Waals surface area (Å²) in [5.41, 5.74) is 5.52. The van der Waals surface area contributed by atoms with Crippen molar-refractivity contribution in [3.05, 3.63) is 41.0 Å². The van der Waals surface area contributed by atoms with Gasteiger partial charge in [-0.2, -0.15) is 0 Å². The van der Waals surface area contributed by atoms with E-state index in [0.717, 1.165) is 17.0 Å². The molecule has 0 amide bonds. The van der Waals surface area contributed by atoms with Crippen LogP contribution in [0.2, 0.25) is 0 Å². The molecule has 0 spiro atoms. The van der Waals surface area contributed by atoms with Crippen LogP contribution in [0.25, 0.3) is 6.08 Å². The summed E-state index contributed by atoms with van der Waals surface area (Å²) in [6, 6.07) is 11.9. The number of hydrogen-bond acceptors (Lipinski definition) is 0. The summed E-state index contributed by atoms with van der Waals surface area (Å²) in [5, 5.41) is 2.04. The minimum atomic E-state index is -3.31. The van der Waals surface area contributed by atoms with Crippen molar-refractivity contribution in [1.29, 1.82) is 0 Å². The van der Waals surface area contributed by atoms with Crippen LogP contribution in [0.3, 0.4) is 0 Å². The van der Waals surface area contributed by atoms with Crippen LogP contribution in [0.1, 0.15) is 198 Å². The van der Waals surface area contributed by atoms with Gasteiger partial charge in [0, 0.05) is 19.5 Å². The molecule has 6 saturated carbocycles. The Morgan fingerprint density at radius 2 is 0.878 bits per heavy atom. The Labute approximate surface area is 326 Å². The third-order valence-electron chi connectivity index (χ3n) is 15.9. The van der Waals surface area contributed by atoms with Crippen LogP contribution in [0.4, 0.5) is 0 Å². The quantitative estimate of drug-likeness (QED) is 0.132. The first-order chi connectivity index (χ1) is 23.5. The Morgan fingerprint density at radius 1 is 0.531 bits per heavy atom. The third kappa shape index (κ3) is 7.16. The minimum absolute atomic E-state index is 0. The zero-order valence-corrected chi connectivity index (χ0v) is 36.3. The van der Waals surface area contributed by atoms with Gasteiger partial charge in [-0.05, 0) is 0 Å². The average molecular weight is 835 g/mol. The summed E-state index contributed by atoms with van der Waals surface area (Å²) in [4.78, 5) is 0. The second-order valence-corrected chi connectivity index (χ2v) is 31.6. The van der Waals surface area contributed by atoms with Crippen molar-refractivity contribution in [3.63, 3.8) is 0 Å². The number of hydrogen-bond donors (Lipinski definition) is 0. The van der Waals surface area contributed by atoms with Crippen molar-refractivity contribution in [2.24, 2.45) is 0 Å². The molecule has 1 aromatic carbocycles. The molecule has 0 unspecified atom stereocenters. The number of halogens is 2. The topological polar surface area (TPSA) is 0 Å². The Kier molecular flexibility index (Phi) is 14.3. The molecular formula is C44H72Cl2P2Ru. The van der Waals surface area contributed by atoms with E-state index in [1.807, 2.05) is 5.06 Å². The smallest absolute Gasteiger partial charge is 0 e. The summed E-state index contributed by atoms with van der Waals surface area (Å²) in [6.07, 6.45) is 45.3. The molecule has 0 atom stereocenters. The summed E-state index contributed by atoms with van der Waals surface area (Å²) in [5.74, 6) is -3.31. The van der Waals surface area contributed by atoms with Crippen LogP contribution in [0.15, 0.2) is 35.4 Å². The molecule has 6 aliphatic rings. The van der Waals surface area contributed by atoms with E-state index in [0.29, 0.717) is 11.3 Å². The monoisotopic (exact) mass is 834 g/mol. The Balaban J connectivity index is 0.00000417. The zero-order chi connectivity index (χ0) is 32.9. The summed E-state index contributed by atoms with van der Waals surface area (Å²) >= 11 is 18.8. The first kappa shape index (κ1) is 39.7. The van der Waals surface area contributed by atoms with Gasteiger partial charge in [0.2, 0.25) is 0 Å². The predicted octanol–water partition coefficient (Wildman–Crippen LogP) is 16.0. The van der Waals surface area contributed by atoms with E-state index < -0.39 is 13.2 Å². The summed E-state index contributed by atoms with van der Waals surface area (Å²) < 4.78 is -0.216. The van der Waals surface area contributed by atoms with Gasteiger partial charge in [-0.3, -0.25) is 0 Å². The van der Waals surface area contributed by atoms with Gasteiger partial charge in [0.25, 0.3) is 0 Å². The van der Waals surface area contributed by atoms with E-state index in [4.69, 9.17) is 11.6 Å². The molecule has 6 aliphatic carbocycles. The van der Waals surface area contributed by atoms with Gasteiger partial charge >= 0.3 is 309 Å². The molecule has 280 valence electrons. The molecule has 0 N–H and O–H groups in total. The van der Waals surface area contributed by atoms with Crippen LogP contribution in [0, 0.1) is 0 Å². The molecule has 0 nitrogen and oxygen atoms in total. The SMILES string of the molecule is ClC1(P(Cl)(C(=Cc2ccccc2)[PH](C2CCCCC2)(C2CCCCC2)C2CCCCC2)(C2CCCCC2)C2CCCCC2)CCCCC1.[Ru]. The van der Waals surface area contributed by atoms with Crippen LogP contribution in [-0.2, 0) is 19.5 Å². The van der Waals surface area contributed by atoms with Gasteiger partial charge in [-0.15, -0.1) is 0 Å². The van der Waals surface area contributed by atoms with E-state index in [1.165, 1.54) is 198 Å². The van der Waals surface area contributed by atoms with Gasteiger partial charge < -0.3 is 0 Å². The largest absolute Gasteiger partial charge is 0 e. The first-order valence-electron chi connectivity index (χ1n) is 21.7. The van der Waals surface area contributed by atoms with Gasteiger partial charge in [-0.1, -0.05) is 0 Å². The van der Waals surface area contributed by atoms with Crippen LogP contribution >= 0.6 is 36.1 Å². The fourth-order valence-electron chi connectivity index (χ4n) is 14.0. The van der Waals surface area contributed by atoms with E-state index in [2.05, 4.69) is 36.4 Å². The van der Waals surface area contributed by atoms with Crippen LogP contribution in [0.5, 0.6) is 0 Å². The molecule has 6 fully saturated rings. The molecule has 0 bridgehead atoms. The number of alkyl halides is 1. The second-order valence-electron chi connectivity index (χ2n) is 18.1. The predicted molar refractivity (Wildman–Crippen MR) is 222 cm³/mol. The van der Waals surface area contributed by atoms with Crippen molar-refractivity contribution in [1.82, 2.24) is 0 Å². The van der Waals surface area contributed by atoms with Gasteiger partial charge in [0.1, 0.15) is 0 Å². The van der Waals surface area contributed by atoms with Crippen LogP contribution < -0.4 is 0 Å². The summed E-state index contributed by atoms with van der Waals surface area (Å²) in [7, 11) is -2.21. The maximum Gasteiger partial charge on any atom is 0 e. The minimum Gasteiger partial charge on any atom is 0 e. The maximum absolute atomic E-state index is 9.90. The summed E-state index contributed by atoms with van der Waals surface area (Å²) in [6.45, 7) is 0. The molecule has 0 aliphatic heterocycles. The van der Waals surface area contributed by atoms with Crippen molar-refractivity contribution in [2.75, 3.05) is 0 Å². The van der Waals surface area contributed by atoms with E-state index in [1.54, 1.807) is 0 Å². The van der Waals surface area contributed by atoms with E-state index in [9.17, 15) is 11.2 Å². The molecule has 49 heavy (non-hydrogen) atoms. The average Bonchev–Trinajstić information content (AvgIpc) is 3.17. The van der Waals surface area contributed by atoms with Crippen molar-refractivity contribution < 1.29 is 19.5 Å². The fourth-order valence-corrected chi connectivity index (χ4v) is 40.5. The molecule has 0 saturated heterocycles. The van der Waals surface area contributed by atoms with E-state index >= 15 is 0 Å². The third-order valence-corrected chi connectivity index (χ3v) is 37.7. The first-order valence-corrected chi connectivity index (χ1v) is 27.6. The Hall–Kier alpha value is 1.02. The molecule has 5 heteroatoms. The molecule has 0 radical (unpaired) electrons. The van der Waals surface area contributed by atoms with Crippen molar-refractivity contribution in [2.45, 2.75) is 226 Å². The van der Waals surface area contributed by atoms with E-state index in [-0.39, 0.29) is 24.1 Å². The van der Waals surface area contributed by atoms with Gasteiger partial charge in [0.15, 0.2) is 0 Å². The number of benzene rings is 1. The van der Waals surface area contributed by atoms with Gasteiger partial charge in [-0.25, -0.2) is 0 Å². The molecule has 0 heterocycles. The van der Waals surface area contributed by atoms with Gasteiger partial charge in [0.05, 0.1) is 0 Å². The Bertz CT molecular complexity index is 1120. The zero-order valence-electron chi connectivity index (χ0n) is 31.1. The standard InChI is InChI=1S/C44H72Cl2P2.Ru/c45-44(34-20-7-21-35-44)48(46,41-30-16-5-17-31-41,42-32-18-6-19-33-42)43(36-37-22-8-1-9-23-37)47(38-24-10-2-11-25-38,39-26-12-3-13-27-39)40-28-14-4-15-29-40;/h1,8-9,22-23,36,38-42,47H,2-7,10-21,24-35H2;. The molecule has 7 rings (SSSR count).